The van der Waals surface area contributed by atoms with Gasteiger partial charge in [0.15, 0.2) is 0 Å². The Morgan fingerprint density at radius 3 is 1.72 bits per heavy atom. The molecule has 0 bridgehead atoms. The highest BCUT2D eigenvalue weighted by Crippen LogP contribution is 2.20. The molecule has 4 heterocycles. The molecule has 11 heteroatoms. The van der Waals surface area contributed by atoms with Crippen molar-refractivity contribution in [3.8, 4) is 12.1 Å². The van der Waals surface area contributed by atoms with E-state index in [1.807, 2.05) is 50.3 Å². The minimum absolute atomic E-state index is 0.223. The molecule has 2 aliphatic heterocycles. The molecule has 47 heavy (non-hydrogen) atoms. The van der Waals surface area contributed by atoms with Gasteiger partial charge >= 0.3 is 0 Å². The highest BCUT2D eigenvalue weighted by atomic mass is 79.9. The number of hydrogen-bond acceptors (Lipinski definition) is 10. The molecule has 244 valence electrons. The number of nitrogens with zero attached hydrogens (tertiary/aromatic N) is 9. The zero-order chi connectivity index (χ0) is 33.6. The van der Waals surface area contributed by atoms with Gasteiger partial charge in [-0.05, 0) is 74.5 Å². The maximum Gasteiger partial charge on any atom is 0.232 e. The van der Waals surface area contributed by atoms with Gasteiger partial charge in [-0.15, -0.1) is 0 Å². The molecule has 2 saturated heterocycles. The predicted molar refractivity (Wildman–Crippen MR) is 189 cm³/mol. The van der Waals surface area contributed by atoms with Crippen molar-refractivity contribution in [2.45, 2.75) is 26.7 Å². The number of anilines is 1. The first-order valence-electron chi connectivity index (χ1n) is 15.9. The molecule has 0 amide bonds. The summed E-state index contributed by atoms with van der Waals surface area (Å²) in [5, 5.41) is 21.0. The summed E-state index contributed by atoms with van der Waals surface area (Å²) in [4.78, 5) is 23.6. The second kappa shape index (κ2) is 18.2. The van der Waals surface area contributed by atoms with Gasteiger partial charge in [-0.3, -0.25) is 0 Å². The summed E-state index contributed by atoms with van der Waals surface area (Å²) in [6, 6.07) is 20.7. The summed E-state index contributed by atoms with van der Waals surface area (Å²) >= 11 is 3.44. The Morgan fingerprint density at radius 2 is 1.23 bits per heavy atom. The van der Waals surface area contributed by atoms with E-state index in [9.17, 15) is 0 Å². The molecule has 0 spiro atoms. The quantitative estimate of drug-likeness (QED) is 0.319. The number of nitriles is 2. The van der Waals surface area contributed by atoms with Crippen LogP contribution in [0.1, 0.15) is 45.3 Å². The largest absolute Gasteiger partial charge is 0.369 e. The zero-order valence-electron chi connectivity index (χ0n) is 27.7. The Hall–Kier alpha value is -4.26. The summed E-state index contributed by atoms with van der Waals surface area (Å²) in [5.41, 5.74) is 7.49. The minimum atomic E-state index is 0.223. The highest BCUT2D eigenvalue weighted by Gasteiger charge is 2.15. The van der Waals surface area contributed by atoms with E-state index in [-0.39, 0.29) is 11.6 Å². The summed E-state index contributed by atoms with van der Waals surface area (Å²) < 4.78 is 1.04. The van der Waals surface area contributed by atoms with Crippen LogP contribution in [0.2, 0.25) is 0 Å². The predicted octanol–water partition coefficient (Wildman–Crippen LogP) is 4.53. The Kier molecular flexibility index (Phi) is 13.8. The van der Waals surface area contributed by atoms with Gasteiger partial charge in [-0.25, -0.2) is 19.9 Å². The lowest BCUT2D eigenvalue weighted by molar-refractivity contribution is 0.291. The van der Waals surface area contributed by atoms with Gasteiger partial charge in [0.25, 0.3) is 0 Å². The van der Waals surface area contributed by atoms with E-state index in [1.54, 1.807) is 12.4 Å². The van der Waals surface area contributed by atoms with E-state index >= 15 is 0 Å². The van der Waals surface area contributed by atoms with Crippen LogP contribution in [0.25, 0.3) is 0 Å². The van der Waals surface area contributed by atoms with Gasteiger partial charge in [0.2, 0.25) is 11.6 Å². The third-order valence-electron chi connectivity index (χ3n) is 8.10. The van der Waals surface area contributed by atoms with E-state index in [4.69, 9.17) is 10.5 Å². The van der Waals surface area contributed by atoms with Crippen LogP contribution in [0.4, 0.5) is 5.69 Å². The zero-order valence-corrected chi connectivity index (χ0v) is 29.3. The molecule has 0 radical (unpaired) electrons. The standard InChI is InChI=1S/C18H21N5.C13H10BrN3.C5H12N2/c1-14-13-20-18(12-19)21-17(14)11-15-4-3-5-16(10-15)23-8-6-22(2)7-9-23;1-9-8-16-13(7-15)17-12(9)6-10-3-2-4-11(14)5-10;1-7-4-2-6-3-5-7/h3-5,10,13H,6-9,11H2,1-2H3;2-5,8H,6H2,1H3;6H,2-5H2,1H3. The first-order chi connectivity index (χ1) is 22.7. The van der Waals surface area contributed by atoms with Crippen LogP contribution < -0.4 is 10.2 Å². The van der Waals surface area contributed by atoms with Crippen molar-refractivity contribution < 1.29 is 0 Å². The first kappa shape index (κ1) is 35.6. The lowest BCUT2D eigenvalue weighted by Gasteiger charge is -2.34. The molecule has 6 rings (SSSR count). The van der Waals surface area contributed by atoms with Crippen LogP contribution in [0, 0.1) is 36.5 Å². The number of benzene rings is 2. The summed E-state index contributed by atoms with van der Waals surface area (Å²) in [6.07, 6.45) is 4.86. The van der Waals surface area contributed by atoms with Crippen molar-refractivity contribution >= 4 is 21.6 Å². The van der Waals surface area contributed by atoms with Gasteiger partial charge in [0.05, 0.1) is 11.4 Å². The monoisotopic (exact) mass is 694 g/mol. The van der Waals surface area contributed by atoms with Crippen molar-refractivity contribution in [3.05, 3.63) is 111 Å². The van der Waals surface area contributed by atoms with Gasteiger partial charge in [0, 0.05) is 87.8 Å². The number of halogens is 1. The van der Waals surface area contributed by atoms with Crippen LogP contribution in [-0.2, 0) is 12.8 Å². The van der Waals surface area contributed by atoms with Crippen molar-refractivity contribution in [3.63, 3.8) is 0 Å². The molecule has 4 aromatic rings. The molecule has 0 aliphatic carbocycles. The molecule has 2 fully saturated rings. The lowest BCUT2D eigenvalue weighted by atomic mass is 10.1. The summed E-state index contributed by atoms with van der Waals surface area (Å²) in [6.45, 7) is 13.0. The topological polar surface area (TPSA) is 121 Å². The number of piperazine rings is 2. The van der Waals surface area contributed by atoms with E-state index in [2.05, 4.69) is 94.2 Å². The first-order valence-corrected chi connectivity index (χ1v) is 16.6. The molecule has 0 unspecified atom stereocenters. The molecule has 2 aromatic carbocycles. The Bertz CT molecular complexity index is 1680. The van der Waals surface area contributed by atoms with Gasteiger partial charge in [-0.2, -0.15) is 10.5 Å². The molecule has 2 aliphatic rings. The maximum atomic E-state index is 8.97. The van der Waals surface area contributed by atoms with Crippen LogP contribution in [0.3, 0.4) is 0 Å². The molecule has 10 nitrogen and oxygen atoms in total. The molecule has 1 N–H and O–H groups in total. The minimum Gasteiger partial charge on any atom is -0.369 e. The Labute approximate surface area is 287 Å². The van der Waals surface area contributed by atoms with Crippen molar-refractivity contribution in [2.75, 3.05) is 71.4 Å². The second-order valence-electron chi connectivity index (χ2n) is 11.9. The fourth-order valence-electron chi connectivity index (χ4n) is 5.16. The van der Waals surface area contributed by atoms with Crippen molar-refractivity contribution in [1.29, 1.82) is 10.5 Å². The molecule has 2 aromatic heterocycles. The number of rotatable bonds is 5. The van der Waals surface area contributed by atoms with Crippen LogP contribution in [0.15, 0.2) is 65.4 Å². The SMILES string of the molecule is CN1CCNCC1.Cc1cnc(C#N)nc1Cc1cccc(Br)c1.Cc1cnc(C#N)nc1Cc1cccc(N2CCN(C)CC2)c1. The number of hydrogen-bond donors (Lipinski definition) is 1. The van der Waals surface area contributed by atoms with Gasteiger partial charge in [0.1, 0.15) is 12.1 Å². The van der Waals surface area contributed by atoms with E-state index < -0.39 is 0 Å². The van der Waals surface area contributed by atoms with E-state index in [1.165, 1.54) is 24.3 Å². The number of nitrogens with one attached hydrogen (secondary N) is 1. The van der Waals surface area contributed by atoms with Crippen LogP contribution >= 0.6 is 15.9 Å². The third-order valence-corrected chi connectivity index (χ3v) is 8.60. The van der Waals surface area contributed by atoms with E-state index in [0.717, 1.165) is 78.2 Å². The maximum absolute atomic E-state index is 8.97. The summed E-state index contributed by atoms with van der Waals surface area (Å²) in [7, 11) is 4.32. The average molecular weight is 696 g/mol. The van der Waals surface area contributed by atoms with Crippen LogP contribution in [-0.4, -0.2) is 96.2 Å². The molecule has 0 atom stereocenters. The Balaban J connectivity index is 0.000000182. The molecular formula is C36H43BrN10. The average Bonchev–Trinajstić information content (AvgIpc) is 3.08. The van der Waals surface area contributed by atoms with Crippen LogP contribution in [0.5, 0.6) is 0 Å². The smallest absolute Gasteiger partial charge is 0.232 e. The van der Waals surface area contributed by atoms with E-state index in [0.29, 0.717) is 6.42 Å². The fourth-order valence-corrected chi connectivity index (χ4v) is 5.61. The molecular weight excluding hydrogens is 652 g/mol. The normalized spacial score (nSPS) is 14.9. The van der Waals surface area contributed by atoms with Crippen molar-refractivity contribution in [2.24, 2.45) is 0 Å². The number of aromatic nitrogens is 4. The second-order valence-corrected chi connectivity index (χ2v) is 12.8. The lowest BCUT2D eigenvalue weighted by Crippen LogP contribution is -2.44. The van der Waals surface area contributed by atoms with Crippen molar-refractivity contribution in [1.82, 2.24) is 35.1 Å². The van der Waals surface area contributed by atoms with Gasteiger partial charge < -0.3 is 20.0 Å². The van der Waals surface area contributed by atoms with Gasteiger partial charge in [-0.1, -0.05) is 40.2 Å². The number of aryl methyl sites for hydroxylation is 2. The Morgan fingerprint density at radius 1 is 0.723 bits per heavy atom. The fraction of sp³-hybridized carbons (Fsp3) is 0.389. The highest BCUT2D eigenvalue weighted by molar-refractivity contribution is 9.10. The summed E-state index contributed by atoms with van der Waals surface area (Å²) in [5.74, 6) is 0.460. The third kappa shape index (κ3) is 11.5. The number of likely N-dealkylation sites (N-methyl/N-ethyl adjacent to an activating group) is 2. The molecule has 0 saturated carbocycles.